The van der Waals surface area contributed by atoms with Gasteiger partial charge in [0.05, 0.1) is 0 Å². The maximum absolute atomic E-state index is 12.1. The fraction of sp³-hybridized carbons (Fsp3) is 1.00. The van der Waals surface area contributed by atoms with Gasteiger partial charge in [0.25, 0.3) is 10.2 Å². The first-order valence-electron chi connectivity index (χ1n) is 6.12. The lowest BCUT2D eigenvalue weighted by Crippen LogP contribution is -2.48. The number of hydrogen-bond acceptors (Lipinski definition) is 3. The molecule has 0 heterocycles. The number of rotatable bonds is 5. The van der Waals surface area contributed by atoms with Gasteiger partial charge in [-0.15, -0.1) is 0 Å². The van der Waals surface area contributed by atoms with Gasteiger partial charge in [0.2, 0.25) is 0 Å². The maximum Gasteiger partial charge on any atom is 0.415 e. The van der Waals surface area contributed by atoms with E-state index in [1.165, 1.54) is 7.05 Å². The topological polar surface area (TPSA) is 69.6 Å². The van der Waals surface area contributed by atoms with Gasteiger partial charge in [0.1, 0.15) is 0 Å². The highest BCUT2D eigenvalue weighted by Crippen LogP contribution is 2.23. The van der Waals surface area contributed by atoms with Crippen molar-refractivity contribution in [1.82, 2.24) is 9.03 Å². The standard InChI is InChI=1S/C10H19F3N2O3S/c1-15(8-5-3-2-4-6-8)19(17,18)14-7-9(16)10(11,12)13/h8-9,14,16H,2-7H2,1H3. The van der Waals surface area contributed by atoms with Crippen LogP contribution in [0.4, 0.5) is 13.2 Å². The molecule has 1 fully saturated rings. The summed E-state index contributed by atoms with van der Waals surface area (Å²) in [6.45, 7) is -1.07. The Morgan fingerprint density at radius 1 is 1.32 bits per heavy atom. The zero-order chi connectivity index (χ0) is 14.7. The Morgan fingerprint density at radius 3 is 2.32 bits per heavy atom. The van der Waals surface area contributed by atoms with E-state index in [2.05, 4.69) is 0 Å². The molecular weight excluding hydrogens is 285 g/mol. The number of alkyl halides is 3. The highest BCUT2D eigenvalue weighted by molar-refractivity contribution is 7.87. The summed E-state index contributed by atoms with van der Waals surface area (Å²) in [4.78, 5) is 0. The first-order chi connectivity index (χ1) is 8.64. The lowest BCUT2D eigenvalue weighted by Gasteiger charge is -2.30. The lowest BCUT2D eigenvalue weighted by molar-refractivity contribution is -0.200. The van der Waals surface area contributed by atoms with E-state index in [9.17, 15) is 21.6 Å². The Balaban J connectivity index is 2.55. The highest BCUT2D eigenvalue weighted by Gasteiger charge is 2.39. The summed E-state index contributed by atoms with van der Waals surface area (Å²) in [5.41, 5.74) is 0. The minimum Gasteiger partial charge on any atom is -0.382 e. The van der Waals surface area contributed by atoms with Crippen LogP contribution in [0.3, 0.4) is 0 Å². The van der Waals surface area contributed by atoms with Crippen LogP contribution in [0.15, 0.2) is 0 Å². The molecule has 1 aliphatic rings. The molecule has 0 amide bonds. The summed E-state index contributed by atoms with van der Waals surface area (Å²) in [5, 5.41) is 8.77. The largest absolute Gasteiger partial charge is 0.415 e. The molecular formula is C10H19F3N2O3S. The predicted octanol–water partition coefficient (Wildman–Crippen LogP) is 1.01. The van der Waals surface area contributed by atoms with Gasteiger partial charge in [0.15, 0.2) is 6.10 Å². The molecule has 1 rings (SSSR count). The molecule has 0 radical (unpaired) electrons. The van der Waals surface area contributed by atoms with Gasteiger partial charge in [-0.1, -0.05) is 19.3 Å². The smallest absolute Gasteiger partial charge is 0.382 e. The maximum atomic E-state index is 12.1. The van der Waals surface area contributed by atoms with Crippen LogP contribution in [0, 0.1) is 0 Å². The minimum atomic E-state index is -4.83. The van der Waals surface area contributed by atoms with Crippen molar-refractivity contribution in [1.29, 1.82) is 0 Å². The Labute approximate surface area is 111 Å². The fourth-order valence-electron chi connectivity index (χ4n) is 2.04. The van der Waals surface area contributed by atoms with E-state index in [0.717, 1.165) is 23.6 Å². The van der Waals surface area contributed by atoms with Crippen LogP contribution in [0.2, 0.25) is 0 Å². The quantitative estimate of drug-likeness (QED) is 0.796. The Morgan fingerprint density at radius 2 is 1.84 bits per heavy atom. The van der Waals surface area contributed by atoms with Crippen molar-refractivity contribution >= 4 is 10.2 Å². The fourth-order valence-corrected chi connectivity index (χ4v) is 3.22. The highest BCUT2D eigenvalue weighted by atomic mass is 32.2. The Hall–Kier alpha value is -0.380. The van der Waals surface area contributed by atoms with Gasteiger partial charge in [-0.05, 0) is 12.8 Å². The molecule has 9 heteroatoms. The molecule has 1 saturated carbocycles. The molecule has 2 N–H and O–H groups in total. The van der Waals surface area contributed by atoms with E-state index in [1.54, 1.807) is 4.72 Å². The summed E-state index contributed by atoms with van der Waals surface area (Å²) >= 11 is 0. The molecule has 1 atom stereocenters. The zero-order valence-corrected chi connectivity index (χ0v) is 11.5. The van der Waals surface area contributed by atoms with Gasteiger partial charge in [0, 0.05) is 19.6 Å². The number of aliphatic hydroxyl groups excluding tert-OH is 1. The Kier molecular flexibility index (Phi) is 5.60. The van der Waals surface area contributed by atoms with Gasteiger partial charge >= 0.3 is 6.18 Å². The van der Waals surface area contributed by atoms with Crippen LogP contribution in [-0.4, -0.2) is 49.7 Å². The molecule has 0 saturated heterocycles. The molecule has 1 unspecified atom stereocenters. The lowest BCUT2D eigenvalue weighted by atomic mass is 9.96. The van der Waals surface area contributed by atoms with Crippen LogP contribution in [0.25, 0.3) is 0 Å². The first kappa shape index (κ1) is 16.7. The van der Waals surface area contributed by atoms with Crippen LogP contribution < -0.4 is 4.72 Å². The molecule has 114 valence electrons. The second-order valence-electron chi connectivity index (χ2n) is 4.72. The van der Waals surface area contributed by atoms with E-state index in [-0.39, 0.29) is 6.04 Å². The number of halogens is 3. The number of hydrogen-bond donors (Lipinski definition) is 2. The normalized spacial score (nSPS) is 20.7. The first-order valence-corrected chi connectivity index (χ1v) is 7.56. The summed E-state index contributed by atoms with van der Waals surface area (Å²) < 4.78 is 62.7. The van der Waals surface area contributed by atoms with Crippen LogP contribution in [0.5, 0.6) is 0 Å². The second-order valence-corrected chi connectivity index (χ2v) is 6.53. The zero-order valence-electron chi connectivity index (χ0n) is 10.7. The second kappa shape index (κ2) is 6.38. The van der Waals surface area contributed by atoms with Crippen molar-refractivity contribution in [3.63, 3.8) is 0 Å². The van der Waals surface area contributed by atoms with Crippen molar-refractivity contribution in [3.05, 3.63) is 0 Å². The average Bonchev–Trinajstić information content (AvgIpc) is 2.35. The summed E-state index contributed by atoms with van der Waals surface area (Å²) in [5.74, 6) is 0. The van der Waals surface area contributed by atoms with Crippen molar-refractivity contribution in [2.24, 2.45) is 0 Å². The van der Waals surface area contributed by atoms with E-state index >= 15 is 0 Å². The van der Waals surface area contributed by atoms with E-state index in [0.29, 0.717) is 12.8 Å². The molecule has 0 aromatic rings. The monoisotopic (exact) mass is 304 g/mol. The summed E-state index contributed by atoms with van der Waals surface area (Å²) in [6, 6.07) is -0.186. The summed E-state index contributed by atoms with van der Waals surface area (Å²) in [7, 11) is -2.65. The van der Waals surface area contributed by atoms with Gasteiger partial charge in [-0.25, -0.2) is 0 Å². The SMILES string of the molecule is CN(C1CCCCC1)S(=O)(=O)NCC(O)C(F)(F)F. The van der Waals surface area contributed by atoms with E-state index < -0.39 is 29.0 Å². The molecule has 0 aliphatic heterocycles. The Bertz CT molecular complexity index is 380. The number of nitrogens with zero attached hydrogens (tertiary/aromatic N) is 1. The molecule has 19 heavy (non-hydrogen) atoms. The van der Waals surface area contributed by atoms with Crippen molar-refractivity contribution in [2.75, 3.05) is 13.6 Å². The van der Waals surface area contributed by atoms with Crippen molar-refractivity contribution < 1.29 is 26.7 Å². The van der Waals surface area contributed by atoms with E-state index in [1.807, 2.05) is 0 Å². The van der Waals surface area contributed by atoms with E-state index in [4.69, 9.17) is 5.11 Å². The minimum absolute atomic E-state index is 0.186. The van der Waals surface area contributed by atoms with Crippen LogP contribution in [0.1, 0.15) is 32.1 Å². The number of nitrogens with one attached hydrogen (secondary N) is 1. The third-order valence-electron chi connectivity index (χ3n) is 3.30. The molecule has 0 aromatic heterocycles. The predicted molar refractivity (Wildman–Crippen MR) is 63.6 cm³/mol. The molecule has 0 aromatic carbocycles. The third kappa shape index (κ3) is 4.90. The molecule has 0 spiro atoms. The molecule has 5 nitrogen and oxygen atoms in total. The van der Waals surface area contributed by atoms with Gasteiger partial charge in [-0.2, -0.15) is 30.6 Å². The molecule has 1 aliphatic carbocycles. The average molecular weight is 304 g/mol. The van der Waals surface area contributed by atoms with Crippen LogP contribution >= 0.6 is 0 Å². The molecule has 0 bridgehead atoms. The van der Waals surface area contributed by atoms with Crippen LogP contribution in [-0.2, 0) is 10.2 Å². The van der Waals surface area contributed by atoms with Gasteiger partial charge < -0.3 is 5.11 Å². The third-order valence-corrected chi connectivity index (χ3v) is 4.89. The van der Waals surface area contributed by atoms with Gasteiger partial charge in [-0.3, -0.25) is 0 Å². The number of aliphatic hydroxyl groups is 1. The summed E-state index contributed by atoms with van der Waals surface area (Å²) in [6.07, 6.45) is -3.23. The van der Waals surface area contributed by atoms with Crippen molar-refractivity contribution in [2.45, 2.75) is 50.4 Å². The van der Waals surface area contributed by atoms with Crippen molar-refractivity contribution in [3.8, 4) is 0 Å².